The van der Waals surface area contributed by atoms with Gasteiger partial charge in [-0.25, -0.2) is 8.78 Å². The minimum Gasteiger partial charge on any atom is -0.337 e. The van der Waals surface area contributed by atoms with E-state index in [0.29, 0.717) is 6.04 Å². The molecule has 0 radical (unpaired) electrons. The summed E-state index contributed by atoms with van der Waals surface area (Å²) >= 11 is 0. The minimum atomic E-state index is -0.284. The number of benzene rings is 3. The van der Waals surface area contributed by atoms with Crippen molar-refractivity contribution in [3.63, 3.8) is 0 Å². The van der Waals surface area contributed by atoms with Crippen LogP contribution in [0.4, 0.5) is 8.78 Å². The van der Waals surface area contributed by atoms with Crippen LogP contribution in [0.5, 0.6) is 0 Å². The van der Waals surface area contributed by atoms with Crippen molar-refractivity contribution in [2.75, 3.05) is 13.1 Å². The predicted octanol–water partition coefficient (Wildman–Crippen LogP) is 5.91. The van der Waals surface area contributed by atoms with Gasteiger partial charge in [0.15, 0.2) is 0 Å². The smallest absolute Gasteiger partial charge is 0.123 e. The molecule has 0 aliphatic carbocycles. The van der Waals surface area contributed by atoms with Crippen LogP contribution in [0.1, 0.15) is 24.4 Å². The Bertz CT molecular complexity index is 1070. The lowest BCUT2D eigenvalue weighted by Crippen LogP contribution is -2.34. The molecule has 0 bridgehead atoms. The van der Waals surface area contributed by atoms with Crippen LogP contribution < -0.4 is 0 Å². The van der Waals surface area contributed by atoms with Crippen LogP contribution in [0.15, 0.2) is 66.7 Å². The third-order valence-corrected chi connectivity index (χ3v) is 5.90. The molecule has 1 aromatic heterocycles. The summed E-state index contributed by atoms with van der Waals surface area (Å²) in [5.74, 6) is -0.568. The van der Waals surface area contributed by atoms with Crippen LogP contribution in [0.2, 0.25) is 0 Å². The van der Waals surface area contributed by atoms with Gasteiger partial charge in [-0.2, -0.15) is 0 Å². The van der Waals surface area contributed by atoms with E-state index in [4.69, 9.17) is 0 Å². The van der Waals surface area contributed by atoms with Gasteiger partial charge in [0.1, 0.15) is 11.6 Å². The summed E-state index contributed by atoms with van der Waals surface area (Å²) in [5, 5.41) is 1.59. The van der Waals surface area contributed by atoms with E-state index in [0.717, 1.165) is 54.3 Å². The van der Waals surface area contributed by atoms with Gasteiger partial charge in [0.05, 0.1) is 0 Å². The van der Waals surface area contributed by atoms with Crippen LogP contribution in [0.25, 0.3) is 21.8 Å². The number of hydrogen-bond acceptors (Lipinski definition) is 1. The zero-order valence-corrected chi connectivity index (χ0v) is 15.6. The fourth-order valence-electron chi connectivity index (χ4n) is 4.57. The van der Waals surface area contributed by atoms with Crippen molar-refractivity contribution < 1.29 is 8.78 Å². The molecule has 1 aliphatic rings. The highest BCUT2D eigenvalue weighted by Gasteiger charge is 2.24. The number of likely N-dealkylation sites (tertiary alicyclic amines) is 1. The van der Waals surface area contributed by atoms with E-state index >= 15 is 0 Å². The Kier molecular flexibility index (Phi) is 4.36. The summed E-state index contributed by atoms with van der Waals surface area (Å²) in [6.07, 6.45) is 2.06. The second kappa shape index (κ2) is 7.02. The Balaban J connectivity index is 1.46. The number of fused-ring (bicyclic) bond motifs is 3. The first-order valence-corrected chi connectivity index (χ1v) is 9.84. The quantitative estimate of drug-likeness (QED) is 0.431. The van der Waals surface area contributed by atoms with Crippen molar-refractivity contribution in [1.29, 1.82) is 0 Å². The largest absolute Gasteiger partial charge is 0.337 e. The maximum absolute atomic E-state index is 13.9. The van der Waals surface area contributed by atoms with Gasteiger partial charge in [-0.1, -0.05) is 30.3 Å². The van der Waals surface area contributed by atoms with E-state index in [1.54, 1.807) is 0 Å². The van der Waals surface area contributed by atoms with E-state index in [2.05, 4.69) is 33.7 Å². The number of halogens is 2. The zero-order valence-electron chi connectivity index (χ0n) is 15.6. The van der Waals surface area contributed by atoms with Crippen LogP contribution in [-0.2, 0) is 6.54 Å². The van der Waals surface area contributed by atoms with Gasteiger partial charge in [0.25, 0.3) is 0 Å². The maximum Gasteiger partial charge on any atom is 0.123 e. The first-order valence-electron chi connectivity index (χ1n) is 9.84. The molecule has 2 heterocycles. The van der Waals surface area contributed by atoms with E-state index < -0.39 is 0 Å². The monoisotopic (exact) mass is 376 g/mol. The maximum atomic E-state index is 13.9. The summed E-state index contributed by atoms with van der Waals surface area (Å²) in [5.41, 5.74) is 3.32. The lowest BCUT2D eigenvalue weighted by molar-refractivity contribution is 0.183. The minimum absolute atomic E-state index is 0.284. The molecule has 5 rings (SSSR count). The van der Waals surface area contributed by atoms with Crippen molar-refractivity contribution in [2.24, 2.45) is 0 Å². The average Bonchev–Trinajstić information content (AvgIpc) is 3.02. The van der Waals surface area contributed by atoms with Gasteiger partial charge < -0.3 is 4.57 Å². The first-order chi connectivity index (χ1) is 13.7. The third-order valence-electron chi connectivity index (χ3n) is 5.90. The van der Waals surface area contributed by atoms with Crippen molar-refractivity contribution in [3.8, 4) is 0 Å². The highest BCUT2D eigenvalue weighted by Crippen LogP contribution is 2.36. The second-order valence-corrected chi connectivity index (χ2v) is 7.69. The SMILES string of the molecule is Fc1ccc2c(c1)c1cc(F)ccc1n2C1CCN(Cc2ccccc2)CC1. The number of aromatic nitrogens is 1. The molecule has 3 aromatic carbocycles. The molecule has 1 fully saturated rings. The number of nitrogens with zero attached hydrogens (tertiary/aromatic N) is 2. The molecule has 0 saturated carbocycles. The molecule has 4 heteroatoms. The van der Waals surface area contributed by atoms with E-state index in [-0.39, 0.29) is 11.6 Å². The van der Waals surface area contributed by atoms with Crippen molar-refractivity contribution >= 4 is 21.8 Å². The average molecular weight is 376 g/mol. The summed E-state index contributed by atoms with van der Waals surface area (Å²) in [7, 11) is 0. The molecule has 28 heavy (non-hydrogen) atoms. The van der Waals surface area contributed by atoms with Crippen molar-refractivity contribution in [2.45, 2.75) is 25.4 Å². The van der Waals surface area contributed by atoms with Crippen LogP contribution in [0.3, 0.4) is 0 Å². The van der Waals surface area contributed by atoms with Crippen LogP contribution in [0, 0.1) is 11.6 Å². The van der Waals surface area contributed by atoms with Gasteiger partial charge in [-0.05, 0) is 54.8 Å². The summed E-state index contributed by atoms with van der Waals surface area (Å²) in [6.45, 7) is 3.00. The highest BCUT2D eigenvalue weighted by atomic mass is 19.1. The zero-order chi connectivity index (χ0) is 19.1. The van der Waals surface area contributed by atoms with E-state index in [9.17, 15) is 8.78 Å². The van der Waals surface area contributed by atoms with Crippen LogP contribution in [-0.4, -0.2) is 22.6 Å². The Morgan fingerprint density at radius 3 is 1.89 bits per heavy atom. The molecule has 0 spiro atoms. The third kappa shape index (κ3) is 3.08. The standard InChI is InChI=1S/C24H22F2N2/c25-18-6-8-23-21(14-18)22-15-19(26)7-9-24(22)28(23)20-10-12-27(13-11-20)16-17-4-2-1-3-5-17/h1-9,14-15,20H,10-13,16H2. The molecular formula is C24H22F2N2. The molecule has 0 N–H and O–H groups in total. The first kappa shape index (κ1) is 17.4. The lowest BCUT2D eigenvalue weighted by atomic mass is 10.0. The molecule has 0 atom stereocenters. The Labute approximate surface area is 163 Å². The molecule has 0 unspecified atom stereocenters. The topological polar surface area (TPSA) is 8.17 Å². The van der Waals surface area contributed by atoms with Gasteiger partial charge >= 0.3 is 0 Å². The second-order valence-electron chi connectivity index (χ2n) is 7.69. The number of hydrogen-bond donors (Lipinski definition) is 0. The fraction of sp³-hybridized carbons (Fsp3) is 0.250. The van der Waals surface area contributed by atoms with Crippen molar-refractivity contribution in [1.82, 2.24) is 9.47 Å². The molecule has 1 aliphatic heterocycles. The molecule has 142 valence electrons. The molecular weight excluding hydrogens is 354 g/mol. The number of piperidine rings is 1. The fourth-order valence-corrected chi connectivity index (χ4v) is 4.57. The summed E-state index contributed by atoms with van der Waals surface area (Å²) in [6, 6.07) is 20.6. The highest BCUT2D eigenvalue weighted by molar-refractivity contribution is 6.08. The van der Waals surface area contributed by atoms with E-state index in [1.807, 2.05) is 18.2 Å². The Morgan fingerprint density at radius 2 is 1.32 bits per heavy atom. The Morgan fingerprint density at radius 1 is 0.750 bits per heavy atom. The van der Waals surface area contributed by atoms with Gasteiger partial charge in [0.2, 0.25) is 0 Å². The molecule has 4 aromatic rings. The lowest BCUT2D eigenvalue weighted by Gasteiger charge is -2.33. The normalized spacial score (nSPS) is 16.2. The molecule has 2 nitrogen and oxygen atoms in total. The van der Waals surface area contributed by atoms with Crippen LogP contribution >= 0.6 is 0 Å². The van der Waals surface area contributed by atoms with Gasteiger partial charge in [-0.3, -0.25) is 4.90 Å². The Hall–Kier alpha value is -2.72. The van der Waals surface area contributed by atoms with Gasteiger partial charge in [0, 0.05) is 47.5 Å². The van der Waals surface area contributed by atoms with Crippen molar-refractivity contribution in [3.05, 3.63) is 83.9 Å². The molecule has 1 saturated heterocycles. The summed E-state index contributed by atoms with van der Waals surface area (Å²) < 4.78 is 30.0. The number of rotatable bonds is 3. The summed E-state index contributed by atoms with van der Waals surface area (Å²) in [4.78, 5) is 2.49. The predicted molar refractivity (Wildman–Crippen MR) is 109 cm³/mol. The molecule has 0 amide bonds. The van der Waals surface area contributed by atoms with Gasteiger partial charge in [-0.15, -0.1) is 0 Å². The van der Waals surface area contributed by atoms with E-state index in [1.165, 1.54) is 29.8 Å².